The summed E-state index contributed by atoms with van der Waals surface area (Å²) in [5.74, 6) is 0.734. The van der Waals surface area contributed by atoms with Crippen LogP contribution >= 0.6 is 0 Å². The molecule has 2 heterocycles. The van der Waals surface area contributed by atoms with Crippen molar-refractivity contribution in [3.05, 3.63) is 72.4 Å². The normalized spacial score (nSPS) is 10.7. The fraction of sp³-hybridized carbons (Fsp3) is 0.143. The van der Waals surface area contributed by atoms with E-state index in [0.29, 0.717) is 17.3 Å². The van der Waals surface area contributed by atoms with E-state index in [1.165, 1.54) is 6.39 Å². The number of rotatable bonds is 6. The highest BCUT2D eigenvalue weighted by Crippen LogP contribution is 2.23. The first kappa shape index (κ1) is 18.4. The summed E-state index contributed by atoms with van der Waals surface area (Å²) in [5, 5.41) is 14.9. The molecule has 2 aromatic heterocycles. The summed E-state index contributed by atoms with van der Waals surface area (Å²) in [6, 6.07) is 16.8. The molecule has 0 radical (unpaired) electrons. The van der Waals surface area contributed by atoms with Crippen LogP contribution in [0.3, 0.4) is 0 Å². The number of para-hydroxylation sites is 1. The van der Waals surface area contributed by atoms with Crippen molar-refractivity contribution in [2.75, 3.05) is 11.9 Å². The molecule has 0 aliphatic heterocycles. The summed E-state index contributed by atoms with van der Waals surface area (Å²) in [6.45, 7) is 3.66. The van der Waals surface area contributed by atoms with Gasteiger partial charge in [-0.15, -0.1) is 10.2 Å². The molecule has 0 unspecified atom stereocenters. The number of aryl methyl sites for hydroxylation is 1. The lowest BCUT2D eigenvalue weighted by atomic mass is 10.2. The lowest BCUT2D eigenvalue weighted by Gasteiger charge is -2.09. The third kappa shape index (κ3) is 4.01. The summed E-state index contributed by atoms with van der Waals surface area (Å²) >= 11 is 0. The Labute approximate surface area is 167 Å². The number of hydrogen-bond acceptors (Lipinski definition) is 6. The SMILES string of the molecule is Cc1nn(-c2ccccc2)c(C)c1NC(=O)COc1ccc(-c2nnco2)cc1. The van der Waals surface area contributed by atoms with Gasteiger partial charge in [-0.2, -0.15) is 5.10 Å². The molecule has 8 heteroatoms. The van der Waals surface area contributed by atoms with Crippen molar-refractivity contribution in [3.63, 3.8) is 0 Å². The molecular formula is C21H19N5O3. The summed E-state index contributed by atoms with van der Waals surface area (Å²) < 4.78 is 12.5. The van der Waals surface area contributed by atoms with Gasteiger partial charge in [-0.3, -0.25) is 4.79 Å². The maximum Gasteiger partial charge on any atom is 0.262 e. The minimum absolute atomic E-state index is 0.116. The lowest BCUT2D eigenvalue weighted by molar-refractivity contribution is -0.118. The molecule has 0 bridgehead atoms. The highest BCUT2D eigenvalue weighted by atomic mass is 16.5. The fourth-order valence-electron chi connectivity index (χ4n) is 2.96. The number of nitrogens with zero attached hydrogens (tertiary/aromatic N) is 4. The van der Waals surface area contributed by atoms with Crippen LogP contribution < -0.4 is 10.1 Å². The third-order valence-electron chi connectivity index (χ3n) is 4.39. The van der Waals surface area contributed by atoms with E-state index in [-0.39, 0.29) is 12.5 Å². The first-order valence-electron chi connectivity index (χ1n) is 9.02. The van der Waals surface area contributed by atoms with E-state index in [9.17, 15) is 4.79 Å². The van der Waals surface area contributed by atoms with Crippen LogP contribution in [-0.4, -0.2) is 32.5 Å². The number of nitrogens with one attached hydrogen (secondary N) is 1. The molecule has 0 saturated carbocycles. The molecule has 8 nitrogen and oxygen atoms in total. The van der Waals surface area contributed by atoms with Gasteiger partial charge in [-0.1, -0.05) is 18.2 Å². The maximum atomic E-state index is 12.4. The number of aromatic nitrogens is 4. The Balaban J connectivity index is 1.39. The van der Waals surface area contributed by atoms with Gasteiger partial charge in [0.25, 0.3) is 5.91 Å². The first-order chi connectivity index (χ1) is 14.1. The molecule has 0 aliphatic rings. The van der Waals surface area contributed by atoms with Crippen molar-refractivity contribution in [3.8, 4) is 22.9 Å². The molecule has 2 aromatic carbocycles. The van der Waals surface area contributed by atoms with E-state index in [2.05, 4.69) is 20.6 Å². The minimum Gasteiger partial charge on any atom is -0.484 e. The maximum absolute atomic E-state index is 12.4. The van der Waals surface area contributed by atoms with E-state index in [4.69, 9.17) is 9.15 Å². The van der Waals surface area contributed by atoms with Crippen LogP contribution in [0.5, 0.6) is 5.75 Å². The van der Waals surface area contributed by atoms with E-state index in [1.54, 1.807) is 24.3 Å². The van der Waals surface area contributed by atoms with Crippen LogP contribution in [0.4, 0.5) is 5.69 Å². The van der Waals surface area contributed by atoms with Crippen molar-refractivity contribution < 1.29 is 13.9 Å². The molecule has 1 amide bonds. The largest absolute Gasteiger partial charge is 0.484 e. The molecule has 0 fully saturated rings. The minimum atomic E-state index is -0.259. The van der Waals surface area contributed by atoms with Crippen molar-refractivity contribution >= 4 is 11.6 Å². The Bertz CT molecular complexity index is 1100. The average molecular weight is 389 g/mol. The third-order valence-corrected chi connectivity index (χ3v) is 4.39. The van der Waals surface area contributed by atoms with E-state index < -0.39 is 0 Å². The van der Waals surface area contributed by atoms with E-state index >= 15 is 0 Å². The van der Waals surface area contributed by atoms with Crippen LogP contribution in [0.15, 0.2) is 65.4 Å². The topological polar surface area (TPSA) is 95.1 Å². The molecule has 0 atom stereocenters. The van der Waals surface area contributed by atoms with Crippen LogP contribution in [0, 0.1) is 13.8 Å². The zero-order valence-corrected chi connectivity index (χ0v) is 16.0. The van der Waals surface area contributed by atoms with Crippen LogP contribution in [0.25, 0.3) is 17.1 Å². The Kier molecular flexibility index (Phi) is 5.07. The number of ether oxygens (including phenoxy) is 1. The monoisotopic (exact) mass is 389 g/mol. The predicted molar refractivity (Wildman–Crippen MR) is 107 cm³/mol. The zero-order chi connectivity index (χ0) is 20.2. The average Bonchev–Trinajstić information content (AvgIpc) is 3.38. The van der Waals surface area contributed by atoms with Gasteiger partial charge in [0.15, 0.2) is 6.61 Å². The molecule has 29 heavy (non-hydrogen) atoms. The Morgan fingerprint density at radius 3 is 2.55 bits per heavy atom. The van der Waals surface area contributed by atoms with E-state index in [0.717, 1.165) is 22.6 Å². The second-order valence-corrected chi connectivity index (χ2v) is 6.40. The van der Waals surface area contributed by atoms with Crippen molar-refractivity contribution in [1.82, 2.24) is 20.0 Å². The van der Waals surface area contributed by atoms with Gasteiger partial charge in [0.05, 0.1) is 22.8 Å². The molecule has 1 N–H and O–H groups in total. The molecular weight excluding hydrogens is 370 g/mol. The van der Waals surface area contributed by atoms with Crippen LogP contribution in [-0.2, 0) is 4.79 Å². The van der Waals surface area contributed by atoms with Gasteiger partial charge >= 0.3 is 0 Å². The zero-order valence-electron chi connectivity index (χ0n) is 16.0. The number of hydrogen-bond donors (Lipinski definition) is 1. The molecule has 4 aromatic rings. The molecule has 0 aliphatic carbocycles. The van der Waals surface area contributed by atoms with Crippen LogP contribution in [0.2, 0.25) is 0 Å². The summed E-state index contributed by atoms with van der Waals surface area (Å²) in [4.78, 5) is 12.4. The predicted octanol–water partition coefficient (Wildman–Crippen LogP) is 3.56. The van der Waals surface area contributed by atoms with Crippen molar-refractivity contribution in [2.45, 2.75) is 13.8 Å². The second kappa shape index (κ2) is 7.97. The molecule has 146 valence electrons. The van der Waals surface area contributed by atoms with Gasteiger partial charge in [-0.25, -0.2) is 4.68 Å². The van der Waals surface area contributed by atoms with Gasteiger partial charge in [0.2, 0.25) is 12.3 Å². The highest BCUT2D eigenvalue weighted by Gasteiger charge is 2.15. The Morgan fingerprint density at radius 1 is 1.10 bits per heavy atom. The van der Waals surface area contributed by atoms with E-state index in [1.807, 2.05) is 48.9 Å². The quantitative estimate of drug-likeness (QED) is 0.542. The molecule has 0 spiro atoms. The second-order valence-electron chi connectivity index (χ2n) is 6.40. The van der Waals surface area contributed by atoms with Crippen molar-refractivity contribution in [2.24, 2.45) is 0 Å². The summed E-state index contributed by atoms with van der Waals surface area (Å²) in [5.41, 5.74) is 3.99. The number of benzene rings is 2. The Morgan fingerprint density at radius 2 is 1.86 bits per heavy atom. The number of carbonyl (C=O) groups excluding carboxylic acids is 1. The molecule has 4 rings (SSSR count). The van der Waals surface area contributed by atoms with Gasteiger partial charge in [0, 0.05) is 5.56 Å². The van der Waals surface area contributed by atoms with Gasteiger partial charge < -0.3 is 14.5 Å². The number of amides is 1. The smallest absolute Gasteiger partial charge is 0.262 e. The number of anilines is 1. The van der Waals surface area contributed by atoms with Gasteiger partial charge in [-0.05, 0) is 50.2 Å². The summed E-state index contributed by atoms with van der Waals surface area (Å²) in [6.07, 6.45) is 1.27. The number of carbonyl (C=O) groups is 1. The highest BCUT2D eigenvalue weighted by molar-refractivity contribution is 5.93. The summed E-state index contributed by atoms with van der Waals surface area (Å²) in [7, 11) is 0. The van der Waals surface area contributed by atoms with Crippen molar-refractivity contribution in [1.29, 1.82) is 0 Å². The van der Waals surface area contributed by atoms with Crippen LogP contribution in [0.1, 0.15) is 11.4 Å². The lowest BCUT2D eigenvalue weighted by Crippen LogP contribution is -2.20. The standard InChI is InChI=1S/C21H19N5O3/c1-14-20(15(2)26(25-14)17-6-4-3-5-7-17)23-19(27)12-28-18-10-8-16(9-11-18)21-24-22-13-29-21/h3-11,13H,12H2,1-2H3,(H,23,27). The fourth-order valence-corrected chi connectivity index (χ4v) is 2.96. The Hall–Kier alpha value is -3.94. The molecule has 0 saturated heterocycles. The van der Waals surface area contributed by atoms with Gasteiger partial charge in [0.1, 0.15) is 5.75 Å². The first-order valence-corrected chi connectivity index (χ1v) is 9.02.